The average Bonchev–Trinajstić information content (AvgIpc) is 2.80. The quantitative estimate of drug-likeness (QED) is 0.568. The number of halogens is 2. The lowest BCUT2D eigenvalue weighted by molar-refractivity contribution is -0.138. The van der Waals surface area contributed by atoms with Crippen LogP contribution < -0.4 is 5.32 Å². The summed E-state index contributed by atoms with van der Waals surface area (Å²) in [4.78, 5) is 24.6. The van der Waals surface area contributed by atoms with Gasteiger partial charge in [0.05, 0.1) is 30.0 Å². The summed E-state index contributed by atoms with van der Waals surface area (Å²) in [6.07, 6.45) is 0.276. The largest absolute Gasteiger partial charge is 0.502 e. The zero-order chi connectivity index (χ0) is 18.1. The van der Waals surface area contributed by atoms with Crippen LogP contribution in [-0.4, -0.2) is 23.9 Å². The Hall–Kier alpha value is -1.82. The van der Waals surface area contributed by atoms with Crippen molar-refractivity contribution >= 4 is 40.6 Å². The van der Waals surface area contributed by atoms with E-state index in [0.29, 0.717) is 18.6 Å². The molecule has 24 heavy (non-hydrogen) atoms. The predicted octanol–water partition coefficient (Wildman–Crippen LogP) is 3.59. The maximum Gasteiger partial charge on any atom is 0.261 e. The van der Waals surface area contributed by atoms with E-state index in [4.69, 9.17) is 27.9 Å². The number of aliphatic hydroxyl groups is 1. The van der Waals surface area contributed by atoms with Gasteiger partial charge in [-0.05, 0) is 24.1 Å². The summed E-state index contributed by atoms with van der Waals surface area (Å²) in [6, 6.07) is 2.97. The van der Waals surface area contributed by atoms with E-state index in [1.807, 2.05) is 0 Å². The molecule has 1 aliphatic heterocycles. The average molecular weight is 370 g/mol. The van der Waals surface area contributed by atoms with Crippen LogP contribution in [0.15, 0.2) is 36.6 Å². The van der Waals surface area contributed by atoms with Crippen LogP contribution in [-0.2, 0) is 19.9 Å². The lowest BCUT2D eigenvalue weighted by Crippen LogP contribution is -2.37. The van der Waals surface area contributed by atoms with Gasteiger partial charge in [-0.25, -0.2) is 0 Å². The van der Waals surface area contributed by atoms with Crippen LogP contribution in [0.25, 0.3) is 0 Å². The number of amides is 1. The van der Waals surface area contributed by atoms with E-state index >= 15 is 0 Å². The predicted molar refractivity (Wildman–Crippen MR) is 93.1 cm³/mol. The van der Waals surface area contributed by atoms with Crippen LogP contribution in [0.4, 0.5) is 5.69 Å². The second-order valence-electron chi connectivity index (χ2n) is 5.54. The van der Waals surface area contributed by atoms with E-state index in [9.17, 15) is 14.7 Å². The van der Waals surface area contributed by atoms with Crippen molar-refractivity contribution in [2.45, 2.75) is 24.9 Å². The third-order valence-corrected chi connectivity index (χ3v) is 4.57. The molecule has 0 radical (unpaired) electrons. The van der Waals surface area contributed by atoms with E-state index < -0.39 is 23.7 Å². The Kier molecular flexibility index (Phi) is 5.38. The van der Waals surface area contributed by atoms with E-state index in [-0.39, 0.29) is 26.9 Å². The molecule has 128 valence electrons. The highest BCUT2D eigenvalue weighted by atomic mass is 35.5. The highest BCUT2D eigenvalue weighted by molar-refractivity contribution is 6.38. The molecule has 0 saturated heterocycles. The van der Waals surface area contributed by atoms with Crippen molar-refractivity contribution in [3.63, 3.8) is 0 Å². The van der Waals surface area contributed by atoms with E-state index in [0.717, 1.165) is 0 Å². The lowest BCUT2D eigenvalue weighted by Gasteiger charge is -2.21. The molecular weight excluding hydrogens is 353 g/mol. The summed E-state index contributed by atoms with van der Waals surface area (Å²) in [6.45, 7) is 7.37. The zero-order valence-electron chi connectivity index (χ0n) is 13.1. The van der Waals surface area contributed by atoms with Crippen molar-refractivity contribution in [2.24, 2.45) is 0 Å². The van der Waals surface area contributed by atoms with Gasteiger partial charge in [-0.2, -0.15) is 0 Å². The number of methoxy groups -OCH3 is 1. The molecule has 0 saturated carbocycles. The summed E-state index contributed by atoms with van der Waals surface area (Å²) in [5, 5.41) is 13.7. The molecule has 2 N–H and O–H groups in total. The maximum absolute atomic E-state index is 12.4. The molecule has 5 nitrogen and oxygen atoms in total. The molecule has 2 rings (SSSR count). The number of hydrogen-bond acceptors (Lipinski definition) is 4. The van der Waals surface area contributed by atoms with E-state index in [2.05, 4.69) is 18.5 Å². The smallest absolute Gasteiger partial charge is 0.261 e. The van der Waals surface area contributed by atoms with Crippen LogP contribution in [0.2, 0.25) is 10.0 Å². The first-order chi connectivity index (χ1) is 11.2. The number of ether oxygens (including phenoxy) is 1. The number of carbonyl (C=O) groups excluding carboxylic acids is 2. The lowest BCUT2D eigenvalue weighted by atomic mass is 9.87. The molecule has 1 unspecified atom stereocenters. The number of carbonyl (C=O) groups is 2. The number of hydrogen-bond donors (Lipinski definition) is 2. The second kappa shape index (κ2) is 6.97. The minimum absolute atomic E-state index is 0.115. The molecule has 1 aromatic rings. The van der Waals surface area contributed by atoms with Gasteiger partial charge < -0.3 is 15.2 Å². The van der Waals surface area contributed by atoms with Crippen molar-refractivity contribution in [1.29, 1.82) is 0 Å². The highest BCUT2D eigenvalue weighted by Gasteiger charge is 2.49. The standard InChI is InChI=1S/C17H17Cl2NO4/c1-9(4-5-10(2)24-3)13(21)8-17(23)14-11(18)6-7-12(19)15(14)20-16(17)22/h6-7,23H,1-2,4-5,8H2,3H3,(H,20,22). The van der Waals surface area contributed by atoms with Crippen molar-refractivity contribution < 1.29 is 19.4 Å². The minimum atomic E-state index is -2.07. The number of fused-ring (bicyclic) bond motifs is 1. The second-order valence-corrected chi connectivity index (χ2v) is 6.35. The van der Waals surface area contributed by atoms with Crippen molar-refractivity contribution in [3.05, 3.63) is 52.2 Å². The molecular formula is C17H17Cl2NO4. The molecule has 7 heteroatoms. The normalized spacial score (nSPS) is 18.8. The highest BCUT2D eigenvalue weighted by Crippen LogP contribution is 2.46. The van der Waals surface area contributed by atoms with Gasteiger partial charge >= 0.3 is 0 Å². The molecule has 0 bridgehead atoms. The van der Waals surface area contributed by atoms with Crippen LogP contribution in [0.3, 0.4) is 0 Å². The molecule has 0 spiro atoms. The number of benzene rings is 1. The van der Waals surface area contributed by atoms with Crippen molar-refractivity contribution in [1.82, 2.24) is 0 Å². The van der Waals surface area contributed by atoms with E-state index in [1.165, 1.54) is 19.2 Å². The fourth-order valence-electron chi connectivity index (χ4n) is 2.47. The summed E-state index contributed by atoms with van der Waals surface area (Å²) in [5.74, 6) is -0.670. The molecule has 0 aliphatic carbocycles. The molecule has 0 fully saturated rings. The van der Waals surface area contributed by atoms with Gasteiger partial charge in [0.1, 0.15) is 0 Å². The fraction of sp³-hybridized carbons (Fsp3) is 0.294. The van der Waals surface area contributed by atoms with Crippen LogP contribution >= 0.6 is 23.2 Å². The maximum atomic E-state index is 12.4. The Labute approximate surface area is 149 Å². The number of nitrogens with one attached hydrogen (secondary N) is 1. The Morgan fingerprint density at radius 1 is 1.29 bits per heavy atom. The van der Waals surface area contributed by atoms with Gasteiger partial charge in [0.15, 0.2) is 11.4 Å². The van der Waals surface area contributed by atoms with Gasteiger partial charge in [0, 0.05) is 17.0 Å². The van der Waals surface area contributed by atoms with E-state index in [1.54, 1.807) is 0 Å². The van der Waals surface area contributed by atoms with Gasteiger partial charge in [-0.15, -0.1) is 0 Å². The topological polar surface area (TPSA) is 75.6 Å². The van der Waals surface area contributed by atoms with Crippen LogP contribution in [0.1, 0.15) is 24.8 Å². The number of anilines is 1. The monoisotopic (exact) mass is 369 g/mol. The first-order valence-electron chi connectivity index (χ1n) is 7.15. The first-order valence-corrected chi connectivity index (χ1v) is 7.91. The third kappa shape index (κ3) is 3.34. The summed E-state index contributed by atoms with van der Waals surface area (Å²) < 4.78 is 4.93. The third-order valence-electron chi connectivity index (χ3n) is 3.94. The van der Waals surface area contributed by atoms with Gasteiger partial charge in [0.25, 0.3) is 5.91 Å². The van der Waals surface area contributed by atoms with Gasteiger partial charge in [-0.1, -0.05) is 36.4 Å². The first kappa shape index (κ1) is 18.5. The molecule has 1 amide bonds. The number of allylic oxidation sites excluding steroid dienone is 2. The molecule has 1 atom stereocenters. The minimum Gasteiger partial charge on any atom is -0.502 e. The van der Waals surface area contributed by atoms with Gasteiger partial charge in [0.2, 0.25) is 0 Å². The summed E-state index contributed by atoms with van der Waals surface area (Å²) >= 11 is 12.1. The van der Waals surface area contributed by atoms with Crippen LogP contribution in [0.5, 0.6) is 0 Å². The van der Waals surface area contributed by atoms with Crippen molar-refractivity contribution in [2.75, 3.05) is 12.4 Å². The van der Waals surface area contributed by atoms with Crippen LogP contribution in [0, 0.1) is 0 Å². The summed E-state index contributed by atoms with van der Waals surface area (Å²) in [7, 11) is 1.49. The Morgan fingerprint density at radius 2 is 1.92 bits per heavy atom. The molecule has 0 aromatic heterocycles. The number of rotatable bonds is 7. The Morgan fingerprint density at radius 3 is 2.54 bits per heavy atom. The van der Waals surface area contributed by atoms with Gasteiger partial charge in [-0.3, -0.25) is 9.59 Å². The molecule has 1 aliphatic rings. The molecule has 1 heterocycles. The zero-order valence-corrected chi connectivity index (χ0v) is 14.6. The van der Waals surface area contributed by atoms with Crippen molar-refractivity contribution in [3.8, 4) is 0 Å². The Balaban J connectivity index is 2.22. The number of Topliss-reactive ketones (excluding diaryl/α,β-unsaturated/α-hetero) is 1. The summed E-state index contributed by atoms with van der Waals surface area (Å²) in [5.41, 5.74) is -1.47. The Bertz CT molecular complexity index is 744. The molecule has 1 aromatic carbocycles. The fourth-order valence-corrected chi connectivity index (χ4v) is 2.99. The number of ketones is 1. The SMILES string of the molecule is C=C(CCC(=C)C(=O)CC1(O)C(=O)Nc2c(Cl)ccc(Cl)c21)OC.